The van der Waals surface area contributed by atoms with Gasteiger partial charge in [0.15, 0.2) is 9.60 Å². The summed E-state index contributed by atoms with van der Waals surface area (Å²) in [5.74, 6) is 0.511. The Bertz CT molecular complexity index is 2510. The molecule has 8 aromatic rings. The summed E-state index contributed by atoms with van der Waals surface area (Å²) >= 11 is 3.06. The van der Waals surface area contributed by atoms with Gasteiger partial charge < -0.3 is 13.9 Å². The minimum atomic E-state index is -0.313. The van der Waals surface area contributed by atoms with Crippen LogP contribution in [0.5, 0.6) is 11.5 Å². The number of hydrogen-bond acceptors (Lipinski definition) is 5. The van der Waals surface area contributed by atoms with E-state index in [0.717, 1.165) is 42.0 Å². The van der Waals surface area contributed by atoms with E-state index in [0.29, 0.717) is 45.3 Å². The number of aryl methyl sites for hydroxylation is 2. The molecule has 0 unspecified atom stereocenters. The number of nitrogens with zero attached hydrogens (tertiary/aromatic N) is 4. The molecule has 0 saturated heterocycles. The lowest BCUT2D eigenvalue weighted by Crippen LogP contribution is -2.15. The van der Waals surface area contributed by atoms with Gasteiger partial charge in [-0.2, -0.15) is 9.98 Å². The number of ether oxygens (including phenoxy) is 1. The van der Waals surface area contributed by atoms with Crippen LogP contribution in [0.25, 0.3) is 42.0 Å². The number of carbonyl (C=O) groups is 2. The minimum Gasteiger partial charge on any atom is -0.457 e. The highest BCUT2D eigenvalue weighted by Gasteiger charge is 2.13. The fraction of sp³-hybridized carbons (Fsp3) is 0.100. The molecule has 0 saturated carbocycles. The highest BCUT2D eigenvalue weighted by atomic mass is 32.1. The zero-order valence-corrected chi connectivity index (χ0v) is 28.4. The van der Waals surface area contributed by atoms with Crippen molar-refractivity contribution in [1.29, 1.82) is 0 Å². The van der Waals surface area contributed by atoms with Crippen LogP contribution in [-0.4, -0.2) is 20.9 Å². The molecular formula is C40H30N4O3S2. The molecule has 0 radical (unpaired) electrons. The standard InChI is InChI=1S/C40H30N4O3S2/c1-3-43-33-23-17-25-9-5-7-11-31(25)35(33)48-39(43)41-37(45)27-13-19-29(20-14-27)47-30-21-15-28(16-22-30)38(46)42-40-44(4-2)34-24-18-26-10-6-8-12-32(26)36(34)49-40/h5-24H,3-4H2,1-2H3. The summed E-state index contributed by atoms with van der Waals surface area (Å²) in [4.78, 5) is 36.8. The van der Waals surface area contributed by atoms with Crippen molar-refractivity contribution < 1.29 is 14.3 Å². The first-order valence-electron chi connectivity index (χ1n) is 16.1. The molecule has 0 aliphatic rings. The van der Waals surface area contributed by atoms with Crippen molar-refractivity contribution in [3.8, 4) is 11.5 Å². The summed E-state index contributed by atoms with van der Waals surface area (Å²) in [6.45, 7) is 5.53. The summed E-state index contributed by atoms with van der Waals surface area (Å²) in [7, 11) is 0. The van der Waals surface area contributed by atoms with E-state index in [1.54, 1.807) is 48.5 Å². The average Bonchev–Trinajstić information content (AvgIpc) is 3.69. The van der Waals surface area contributed by atoms with Gasteiger partial charge in [-0.15, -0.1) is 0 Å². The fourth-order valence-electron chi connectivity index (χ4n) is 6.15. The van der Waals surface area contributed by atoms with Gasteiger partial charge in [0.25, 0.3) is 11.8 Å². The third-order valence-electron chi connectivity index (χ3n) is 8.61. The average molecular weight is 679 g/mol. The largest absolute Gasteiger partial charge is 0.457 e. The molecule has 8 rings (SSSR count). The molecule has 2 heterocycles. The maximum atomic E-state index is 13.2. The molecule has 0 spiro atoms. The topological polar surface area (TPSA) is 78.0 Å². The first-order valence-corrected chi connectivity index (χ1v) is 17.7. The maximum absolute atomic E-state index is 13.2. The quantitative estimate of drug-likeness (QED) is 0.176. The second-order valence-corrected chi connectivity index (χ2v) is 13.5. The molecule has 6 aromatic carbocycles. The minimum absolute atomic E-state index is 0.313. The van der Waals surface area contributed by atoms with Crippen LogP contribution in [-0.2, 0) is 13.1 Å². The van der Waals surface area contributed by atoms with E-state index in [2.05, 4.69) is 81.5 Å². The zero-order valence-electron chi connectivity index (χ0n) is 26.8. The zero-order chi connectivity index (χ0) is 33.5. The van der Waals surface area contributed by atoms with Gasteiger partial charge in [-0.3, -0.25) is 9.59 Å². The Morgan fingerprint density at radius 2 is 0.959 bits per heavy atom. The van der Waals surface area contributed by atoms with Gasteiger partial charge in [-0.05, 0) is 85.3 Å². The maximum Gasteiger partial charge on any atom is 0.279 e. The van der Waals surface area contributed by atoms with Gasteiger partial charge in [0, 0.05) is 35.0 Å². The Kier molecular flexibility index (Phi) is 7.99. The van der Waals surface area contributed by atoms with Gasteiger partial charge in [0.2, 0.25) is 0 Å². The summed E-state index contributed by atoms with van der Waals surface area (Å²) in [5, 5.41) is 4.64. The molecule has 0 atom stereocenters. The molecule has 0 fully saturated rings. The van der Waals surface area contributed by atoms with Crippen molar-refractivity contribution in [3.63, 3.8) is 0 Å². The number of thiazole rings is 2. The van der Waals surface area contributed by atoms with Crippen LogP contribution in [0.4, 0.5) is 0 Å². The van der Waals surface area contributed by atoms with Crippen molar-refractivity contribution in [3.05, 3.63) is 142 Å². The Morgan fingerprint density at radius 1 is 0.551 bits per heavy atom. The van der Waals surface area contributed by atoms with Crippen LogP contribution < -0.4 is 14.3 Å². The van der Waals surface area contributed by atoms with Crippen LogP contribution in [0.2, 0.25) is 0 Å². The lowest BCUT2D eigenvalue weighted by Gasteiger charge is -2.06. The third-order valence-corrected chi connectivity index (χ3v) is 10.9. The normalized spacial score (nSPS) is 12.4. The van der Waals surface area contributed by atoms with Crippen LogP contribution in [0.15, 0.2) is 131 Å². The molecule has 2 amide bonds. The molecule has 240 valence electrons. The van der Waals surface area contributed by atoms with Crippen molar-refractivity contribution in [2.45, 2.75) is 26.9 Å². The summed E-state index contributed by atoms with van der Waals surface area (Å²) < 4.78 is 12.4. The molecule has 0 aliphatic heterocycles. The number of amides is 2. The van der Waals surface area contributed by atoms with Crippen LogP contribution in [0.1, 0.15) is 34.6 Å². The highest BCUT2D eigenvalue weighted by molar-refractivity contribution is 7.17. The molecule has 2 aromatic heterocycles. The van der Waals surface area contributed by atoms with Gasteiger partial charge in [-0.25, -0.2) is 0 Å². The lowest BCUT2D eigenvalue weighted by atomic mass is 10.1. The molecule has 7 nitrogen and oxygen atoms in total. The van der Waals surface area contributed by atoms with Crippen LogP contribution >= 0.6 is 22.7 Å². The van der Waals surface area contributed by atoms with Gasteiger partial charge in [-0.1, -0.05) is 83.3 Å². The molecule has 49 heavy (non-hydrogen) atoms. The lowest BCUT2D eigenvalue weighted by molar-refractivity contribution is 0.0989. The van der Waals surface area contributed by atoms with Crippen molar-refractivity contribution in [2.75, 3.05) is 0 Å². The Balaban J connectivity index is 1.000. The van der Waals surface area contributed by atoms with E-state index in [1.165, 1.54) is 22.7 Å². The van der Waals surface area contributed by atoms with E-state index in [1.807, 2.05) is 24.3 Å². The highest BCUT2D eigenvalue weighted by Crippen LogP contribution is 2.29. The Labute approximate surface area is 289 Å². The summed E-state index contributed by atoms with van der Waals surface area (Å²) in [6, 6.07) is 38.8. The monoisotopic (exact) mass is 678 g/mol. The molecule has 0 N–H and O–H groups in total. The Morgan fingerprint density at radius 3 is 1.37 bits per heavy atom. The van der Waals surface area contributed by atoms with Crippen LogP contribution in [0, 0.1) is 0 Å². The van der Waals surface area contributed by atoms with Crippen LogP contribution in [0.3, 0.4) is 0 Å². The van der Waals surface area contributed by atoms with E-state index >= 15 is 0 Å². The van der Waals surface area contributed by atoms with Gasteiger partial charge >= 0.3 is 0 Å². The van der Waals surface area contributed by atoms with E-state index in [9.17, 15) is 9.59 Å². The van der Waals surface area contributed by atoms with E-state index < -0.39 is 0 Å². The number of hydrogen-bond donors (Lipinski definition) is 0. The SMILES string of the molecule is CCn1c(=NC(=O)c2ccc(Oc3ccc(C(=O)N=c4sc5c6ccccc6ccc5n4CC)cc3)cc2)sc2c3ccccc3ccc21. The summed E-state index contributed by atoms with van der Waals surface area (Å²) in [6.07, 6.45) is 0. The van der Waals surface area contributed by atoms with Crippen molar-refractivity contribution in [1.82, 2.24) is 9.13 Å². The first-order chi connectivity index (χ1) is 24.0. The number of fused-ring (bicyclic) bond motifs is 6. The second kappa shape index (κ2) is 12.8. The number of aromatic nitrogens is 2. The van der Waals surface area contributed by atoms with Crippen molar-refractivity contribution in [2.24, 2.45) is 9.98 Å². The number of rotatable bonds is 6. The smallest absolute Gasteiger partial charge is 0.279 e. The summed E-state index contributed by atoms with van der Waals surface area (Å²) in [5.41, 5.74) is 3.08. The molecule has 9 heteroatoms. The third kappa shape index (κ3) is 5.67. The fourth-order valence-corrected chi connectivity index (χ4v) is 8.60. The first kappa shape index (κ1) is 30.7. The second-order valence-electron chi connectivity index (χ2n) is 11.5. The van der Waals surface area contributed by atoms with Crippen molar-refractivity contribution >= 4 is 76.5 Å². The van der Waals surface area contributed by atoms with Gasteiger partial charge in [0.05, 0.1) is 20.4 Å². The Hall–Kier alpha value is -5.64. The van der Waals surface area contributed by atoms with E-state index in [-0.39, 0.29) is 11.8 Å². The number of carbonyl (C=O) groups excluding carboxylic acids is 2. The van der Waals surface area contributed by atoms with E-state index in [4.69, 9.17) is 4.74 Å². The molecular weight excluding hydrogens is 649 g/mol. The predicted octanol–water partition coefficient (Wildman–Crippen LogP) is 9.34. The number of benzene rings is 6. The predicted molar refractivity (Wildman–Crippen MR) is 199 cm³/mol. The molecule has 0 aliphatic carbocycles. The van der Waals surface area contributed by atoms with Gasteiger partial charge in [0.1, 0.15) is 11.5 Å². The molecule has 0 bridgehead atoms.